The Balaban J connectivity index is 2.06. The van der Waals surface area contributed by atoms with Crippen LogP contribution in [0.2, 0.25) is 0 Å². The molecule has 1 aromatic carbocycles. The van der Waals surface area contributed by atoms with Crippen molar-refractivity contribution in [2.45, 2.75) is 13.0 Å². The van der Waals surface area contributed by atoms with Gasteiger partial charge in [-0.3, -0.25) is 0 Å². The minimum atomic E-state index is 0.271. The lowest BCUT2D eigenvalue weighted by molar-refractivity contribution is 0.155. The third kappa shape index (κ3) is 4.59. The molecule has 1 aliphatic heterocycles. The van der Waals surface area contributed by atoms with E-state index in [1.54, 1.807) is 7.11 Å². The molecule has 1 unspecified atom stereocenters. The van der Waals surface area contributed by atoms with E-state index in [1.165, 1.54) is 5.56 Å². The number of rotatable bonds is 8. The van der Waals surface area contributed by atoms with Gasteiger partial charge in [-0.25, -0.2) is 0 Å². The second kappa shape index (κ2) is 8.22. The summed E-state index contributed by atoms with van der Waals surface area (Å²) in [7, 11) is 3.85. The highest BCUT2D eigenvalue weighted by Crippen LogP contribution is 2.32. The zero-order valence-corrected chi connectivity index (χ0v) is 13.2. The normalized spacial score (nSPS) is 15.2. The first-order valence-corrected chi connectivity index (χ1v) is 7.55. The Morgan fingerprint density at radius 2 is 2.05 bits per heavy atom. The van der Waals surface area contributed by atoms with E-state index in [4.69, 9.17) is 14.2 Å². The predicted octanol–water partition coefficient (Wildman–Crippen LogP) is 1.69. The van der Waals surface area contributed by atoms with E-state index in [-0.39, 0.29) is 6.04 Å². The predicted molar refractivity (Wildman–Crippen MR) is 83.2 cm³/mol. The van der Waals surface area contributed by atoms with Gasteiger partial charge in [0.1, 0.15) is 13.2 Å². The highest BCUT2D eigenvalue weighted by Gasteiger charge is 2.17. The van der Waals surface area contributed by atoms with Crippen molar-refractivity contribution in [1.29, 1.82) is 0 Å². The molecule has 0 radical (unpaired) electrons. The number of benzene rings is 1. The first-order valence-electron chi connectivity index (χ1n) is 7.55. The molecule has 2 rings (SSSR count). The molecule has 0 fully saturated rings. The molecule has 0 amide bonds. The number of nitrogens with one attached hydrogen (secondary N) is 1. The van der Waals surface area contributed by atoms with E-state index in [0.29, 0.717) is 13.2 Å². The number of nitrogens with zero attached hydrogens (tertiary/aromatic N) is 1. The third-order valence-corrected chi connectivity index (χ3v) is 3.59. The van der Waals surface area contributed by atoms with Gasteiger partial charge in [0.05, 0.1) is 6.61 Å². The average molecular weight is 294 g/mol. The molecule has 0 saturated heterocycles. The van der Waals surface area contributed by atoms with E-state index in [2.05, 4.69) is 36.3 Å². The van der Waals surface area contributed by atoms with Crippen LogP contribution in [0.5, 0.6) is 11.5 Å². The van der Waals surface area contributed by atoms with Crippen LogP contribution in [0.3, 0.4) is 0 Å². The summed E-state index contributed by atoms with van der Waals surface area (Å²) in [6.45, 7) is 6.90. The Morgan fingerprint density at radius 1 is 1.29 bits per heavy atom. The van der Waals surface area contributed by atoms with Crippen LogP contribution >= 0.6 is 0 Å². The fraction of sp³-hybridized carbons (Fsp3) is 0.625. The first-order chi connectivity index (χ1) is 10.2. The van der Waals surface area contributed by atoms with E-state index in [0.717, 1.165) is 37.7 Å². The van der Waals surface area contributed by atoms with Gasteiger partial charge in [0, 0.05) is 26.2 Å². The minimum Gasteiger partial charge on any atom is -0.486 e. The highest BCUT2D eigenvalue weighted by molar-refractivity contribution is 5.44. The van der Waals surface area contributed by atoms with Crippen molar-refractivity contribution in [3.05, 3.63) is 23.8 Å². The lowest BCUT2D eigenvalue weighted by Gasteiger charge is -2.26. The van der Waals surface area contributed by atoms with Crippen molar-refractivity contribution in [3.8, 4) is 11.5 Å². The molecular formula is C16H26N2O3. The molecular weight excluding hydrogens is 268 g/mol. The van der Waals surface area contributed by atoms with Gasteiger partial charge in [-0.15, -0.1) is 0 Å². The molecule has 1 aromatic rings. The maximum absolute atomic E-state index is 5.68. The van der Waals surface area contributed by atoms with E-state index in [9.17, 15) is 0 Å². The second-order valence-corrected chi connectivity index (χ2v) is 5.27. The van der Waals surface area contributed by atoms with Crippen molar-refractivity contribution in [3.63, 3.8) is 0 Å². The van der Waals surface area contributed by atoms with Gasteiger partial charge < -0.3 is 24.4 Å². The Morgan fingerprint density at radius 3 is 2.76 bits per heavy atom. The summed E-state index contributed by atoms with van der Waals surface area (Å²) in [5.41, 5.74) is 1.23. The van der Waals surface area contributed by atoms with Crippen molar-refractivity contribution in [2.24, 2.45) is 0 Å². The van der Waals surface area contributed by atoms with Gasteiger partial charge in [0.15, 0.2) is 11.5 Å². The first kappa shape index (κ1) is 16.1. The minimum absolute atomic E-state index is 0.271. The van der Waals surface area contributed by atoms with Gasteiger partial charge >= 0.3 is 0 Å². The molecule has 0 aromatic heterocycles. The Kier molecular flexibility index (Phi) is 6.29. The highest BCUT2D eigenvalue weighted by atomic mass is 16.6. The van der Waals surface area contributed by atoms with Crippen molar-refractivity contribution < 1.29 is 14.2 Å². The van der Waals surface area contributed by atoms with Crippen LogP contribution in [0.4, 0.5) is 0 Å². The fourth-order valence-electron chi connectivity index (χ4n) is 2.46. The number of fused-ring (bicyclic) bond motifs is 1. The Bertz CT molecular complexity index is 440. The molecule has 0 saturated carbocycles. The molecule has 118 valence electrons. The largest absolute Gasteiger partial charge is 0.486 e. The van der Waals surface area contributed by atoms with E-state index in [1.807, 2.05) is 6.07 Å². The van der Waals surface area contributed by atoms with E-state index >= 15 is 0 Å². The van der Waals surface area contributed by atoms with Crippen molar-refractivity contribution >= 4 is 0 Å². The quantitative estimate of drug-likeness (QED) is 0.790. The molecule has 0 spiro atoms. The molecule has 5 heteroatoms. The molecule has 5 nitrogen and oxygen atoms in total. The van der Waals surface area contributed by atoms with Crippen LogP contribution in [0, 0.1) is 0 Å². The summed E-state index contributed by atoms with van der Waals surface area (Å²) < 4.78 is 16.4. The molecule has 1 atom stereocenters. The van der Waals surface area contributed by atoms with Gasteiger partial charge in [-0.05, 0) is 31.3 Å². The number of methoxy groups -OCH3 is 1. The summed E-state index contributed by atoms with van der Waals surface area (Å²) in [5, 5.41) is 3.53. The molecule has 0 bridgehead atoms. The maximum Gasteiger partial charge on any atom is 0.161 e. The summed E-state index contributed by atoms with van der Waals surface area (Å²) >= 11 is 0. The van der Waals surface area contributed by atoms with Crippen LogP contribution in [0.1, 0.15) is 18.5 Å². The van der Waals surface area contributed by atoms with Gasteiger partial charge in [0.2, 0.25) is 0 Å². The van der Waals surface area contributed by atoms with Gasteiger partial charge in [0.25, 0.3) is 0 Å². The molecule has 1 aliphatic rings. The molecule has 1 heterocycles. The van der Waals surface area contributed by atoms with Crippen molar-refractivity contribution in [1.82, 2.24) is 10.2 Å². The monoisotopic (exact) mass is 294 g/mol. The number of hydrogen-bond acceptors (Lipinski definition) is 5. The van der Waals surface area contributed by atoms with E-state index < -0.39 is 0 Å². The smallest absolute Gasteiger partial charge is 0.161 e. The lowest BCUT2D eigenvalue weighted by atomic mass is 10.1. The molecule has 0 aliphatic carbocycles. The number of hydrogen-bond donors (Lipinski definition) is 1. The Labute approximate surface area is 127 Å². The SMILES string of the molecule is CCNC(CN(C)CCOC)c1ccc2c(c1)OCCO2. The maximum atomic E-state index is 5.68. The second-order valence-electron chi connectivity index (χ2n) is 5.27. The summed E-state index contributed by atoms with van der Waals surface area (Å²) in [4.78, 5) is 2.27. The number of ether oxygens (including phenoxy) is 3. The van der Waals surface area contributed by atoms with Crippen LogP contribution < -0.4 is 14.8 Å². The zero-order valence-electron chi connectivity index (χ0n) is 13.2. The van der Waals surface area contributed by atoms with Crippen molar-refractivity contribution in [2.75, 3.05) is 53.6 Å². The van der Waals surface area contributed by atoms with Gasteiger partial charge in [-0.2, -0.15) is 0 Å². The Hall–Kier alpha value is -1.30. The fourth-order valence-corrected chi connectivity index (χ4v) is 2.46. The third-order valence-electron chi connectivity index (χ3n) is 3.59. The average Bonchev–Trinajstić information content (AvgIpc) is 2.52. The van der Waals surface area contributed by atoms with Crippen LogP contribution in [0.25, 0.3) is 0 Å². The molecule has 1 N–H and O–H groups in total. The van der Waals surface area contributed by atoms with Crippen LogP contribution in [0.15, 0.2) is 18.2 Å². The van der Waals surface area contributed by atoms with Crippen LogP contribution in [-0.4, -0.2) is 58.5 Å². The lowest BCUT2D eigenvalue weighted by Crippen LogP contribution is -2.34. The van der Waals surface area contributed by atoms with Crippen LogP contribution in [-0.2, 0) is 4.74 Å². The number of likely N-dealkylation sites (N-methyl/N-ethyl adjacent to an activating group) is 2. The summed E-state index contributed by atoms with van der Waals surface area (Å²) in [6.07, 6.45) is 0. The zero-order chi connectivity index (χ0) is 15.1. The standard InChI is InChI=1S/C16H26N2O3/c1-4-17-14(12-18(2)7-8-19-3)13-5-6-15-16(11-13)21-10-9-20-15/h5-6,11,14,17H,4,7-10,12H2,1-3H3. The topological polar surface area (TPSA) is 43.0 Å². The summed E-state index contributed by atoms with van der Waals surface area (Å²) in [5.74, 6) is 1.69. The van der Waals surface area contributed by atoms with Gasteiger partial charge in [-0.1, -0.05) is 13.0 Å². The molecule has 21 heavy (non-hydrogen) atoms. The summed E-state index contributed by atoms with van der Waals surface area (Å²) in [6, 6.07) is 6.48.